The van der Waals surface area contributed by atoms with Gasteiger partial charge in [0.2, 0.25) is 5.89 Å². The van der Waals surface area contributed by atoms with Gasteiger partial charge in [-0.05, 0) is 242 Å². The molecular weight excluding hydrogens is 1650 g/mol. The molecule has 2 heterocycles. The lowest BCUT2D eigenvalue weighted by atomic mass is 9.75. The molecule has 127 heavy (non-hydrogen) atoms. The molecule has 0 radical (unpaired) electrons. The maximum Gasteiger partial charge on any atom is 0.312 e. The van der Waals surface area contributed by atoms with Gasteiger partial charge in [-0.1, -0.05) is 55.0 Å². The summed E-state index contributed by atoms with van der Waals surface area (Å²) in [5.74, 6) is -7.54. The number of phenolic OH excluding ortho intramolecular Hbond substituents is 22. The topological polar surface area (TPSA) is 582 Å². The number of hydrogen-bond acceptors (Lipinski definition) is 31. The highest BCUT2D eigenvalue weighted by Crippen LogP contribution is 2.43. The molecule has 4 unspecified atom stereocenters. The lowest BCUT2D eigenvalue weighted by molar-refractivity contribution is -0.131. The van der Waals surface area contributed by atoms with Gasteiger partial charge in [-0.25, -0.2) is 4.98 Å². The van der Waals surface area contributed by atoms with Crippen LogP contribution < -0.4 is 0 Å². The Bertz CT molecular complexity index is 5670. The van der Waals surface area contributed by atoms with Gasteiger partial charge in [0.15, 0.2) is 132 Å². The van der Waals surface area contributed by atoms with Crippen LogP contribution in [0.3, 0.4) is 0 Å². The molecule has 1 aliphatic carbocycles. The van der Waals surface area contributed by atoms with Crippen LogP contribution >= 0.6 is 0 Å². The summed E-state index contributed by atoms with van der Waals surface area (Å²) in [5.41, 5.74) is 6.51. The molecule has 4 atom stereocenters. The number of likely N-dealkylation sites (tertiary alicyclic amines) is 1. The molecule has 0 spiro atoms. The van der Waals surface area contributed by atoms with Crippen molar-refractivity contribution in [2.24, 2.45) is 28.7 Å². The quantitative estimate of drug-likeness (QED) is 0.0191. The third kappa shape index (κ3) is 24.7. The molecule has 14 rings (SSSR count). The van der Waals surface area contributed by atoms with Crippen molar-refractivity contribution < 1.29 is 141 Å². The van der Waals surface area contributed by atoms with Crippen LogP contribution in [0.25, 0.3) is 11.5 Å². The Morgan fingerprint density at radius 1 is 0.370 bits per heavy atom. The molecule has 1 saturated carbocycles. The second-order valence-electron chi connectivity index (χ2n) is 30.6. The van der Waals surface area contributed by atoms with E-state index in [1.165, 1.54) is 168 Å². The van der Waals surface area contributed by atoms with Crippen LogP contribution in [0.4, 0.5) is 0 Å². The molecular formula is C94H95N5O28. The predicted molar refractivity (Wildman–Crippen MR) is 461 cm³/mol. The minimum absolute atomic E-state index is 0.0523. The van der Waals surface area contributed by atoms with Crippen molar-refractivity contribution in [3.8, 4) is 144 Å². The summed E-state index contributed by atoms with van der Waals surface area (Å²) in [5, 5.41) is 219. The van der Waals surface area contributed by atoms with E-state index in [9.17, 15) is 137 Å². The van der Waals surface area contributed by atoms with Crippen molar-refractivity contribution in [3.05, 3.63) is 262 Å². The summed E-state index contributed by atoms with van der Waals surface area (Å²) in [6.45, 7) is 1.92. The van der Waals surface area contributed by atoms with E-state index in [0.29, 0.717) is 66.6 Å². The monoisotopic (exact) mass is 1740 g/mol. The first-order valence-corrected chi connectivity index (χ1v) is 39.4. The van der Waals surface area contributed by atoms with Gasteiger partial charge in [0, 0.05) is 86.6 Å². The van der Waals surface area contributed by atoms with Crippen molar-refractivity contribution >= 4 is 29.6 Å². The minimum atomic E-state index is -0.538. The normalized spacial score (nSPS) is 14.8. The molecule has 33 nitrogen and oxygen atoms in total. The van der Waals surface area contributed by atoms with Crippen LogP contribution in [-0.4, -0.2) is 214 Å². The number of benzene rings is 11. The molecule has 1 aromatic heterocycles. The van der Waals surface area contributed by atoms with Crippen LogP contribution in [-0.2, 0) is 41.8 Å². The number of oxazole rings is 1. The maximum absolute atomic E-state index is 12.9. The smallest absolute Gasteiger partial charge is 0.312 e. The zero-order valence-corrected chi connectivity index (χ0v) is 68.6. The van der Waals surface area contributed by atoms with Crippen molar-refractivity contribution in [1.29, 1.82) is 0 Å². The lowest BCUT2D eigenvalue weighted by Gasteiger charge is -2.34. The van der Waals surface area contributed by atoms with Crippen molar-refractivity contribution in [1.82, 2.24) is 19.7 Å². The highest BCUT2D eigenvalue weighted by molar-refractivity contribution is 5.96. The fraction of sp³-hybridized carbons (Fsp3) is 0.213. The second kappa shape index (κ2) is 41.7. The Labute approximate surface area is 725 Å². The molecule has 0 bridgehead atoms. The molecule has 1 saturated heterocycles. The summed E-state index contributed by atoms with van der Waals surface area (Å²) in [6, 6.07) is 47.4. The average molecular weight is 1740 g/mol. The molecule has 33 heteroatoms. The zero-order chi connectivity index (χ0) is 92.4. The molecule has 23 N–H and O–H groups in total. The number of likely N-dealkylation sites (N-methyl/N-ethyl adjacent to an activating group) is 2. The average Bonchev–Trinajstić information content (AvgIpc) is 1.30. The lowest BCUT2D eigenvalue weighted by Crippen LogP contribution is -2.46. The number of aliphatic imine (C=N–C) groups is 1. The van der Waals surface area contributed by atoms with Gasteiger partial charge in [-0.3, -0.25) is 24.2 Å². The third-order valence-electron chi connectivity index (χ3n) is 21.2. The summed E-state index contributed by atoms with van der Waals surface area (Å²) < 4.78 is 5.12. The highest BCUT2D eigenvalue weighted by atomic mass is 16.5. The van der Waals surface area contributed by atoms with E-state index in [-0.39, 0.29) is 216 Å². The van der Waals surface area contributed by atoms with Crippen LogP contribution in [0.15, 0.2) is 210 Å². The third-order valence-corrected chi connectivity index (χ3v) is 21.2. The van der Waals surface area contributed by atoms with Crippen molar-refractivity contribution in [2.45, 2.75) is 57.4 Å². The van der Waals surface area contributed by atoms with Crippen molar-refractivity contribution in [3.63, 3.8) is 0 Å². The largest absolute Gasteiger partial charge is 0.504 e. The SMILES string of the molecule is CN(CCN(C)C(=O)c1ccc(O)c(O)c1)C(=O)c1ccc(O)c(O)c1.CN1CC(Cc2ccc(O)c(O)c2)C(=O)C(Cc2ccc(O)c(O)c2)C1.O=C1C(Cc2ccc(O)c(O)c2)CCCC1Cc1ccc(O)c(O)c1.Oc1ccc(C(c2ccc(O)c(O)c2)c2ccc(O)c(O)c2)cc1O.Oc1ccc(CN=Cc2nc(-c3ccc(O)c(O)c3)oc2O)cc1O. The van der Waals surface area contributed by atoms with Gasteiger partial charge < -0.3 is 137 Å². The van der Waals surface area contributed by atoms with Gasteiger partial charge in [0.25, 0.3) is 11.8 Å². The standard InChI is InChI=1S/C20H23NO5.C20H22O5.C19H16O6.C18H20N2O6.C17H14N2O6/c1-21-10-14(6-12-2-4-16(22)18(24)8-12)20(26)15(11-21)7-13-3-5-17(23)19(25)9-13;21-16-6-4-12(10-18(16)23)8-14-2-1-3-15(20(14)25)9-13-5-7-17(22)19(24)11-13;20-13-4-1-10(7-16(13)23)19(11-2-5-14(21)17(24)8-11)12-3-6-15(22)18(25)9-12;1-19(17(25)11-3-5-13(21)15(23)9-11)7-8-20(2)18(26)12-4-6-14(22)16(24)10-12;20-12-3-1-9(5-14(12)22)7-18-8-11-17(24)25-16(19-11)10-2-4-13(21)15(23)6-10/h2-5,8-9,14-15,22-25H,6-7,10-11H2,1H3;4-7,10-11,14-15,21-24H,1-3,8-9H2;1-9,19-25H;3-6,9-10,21-24H,7-8H2,1-2H3;1-6,8,20-24H,7H2. The molecule has 1 aliphatic heterocycles. The molecule has 11 aromatic carbocycles. The van der Waals surface area contributed by atoms with Gasteiger partial charge in [0.1, 0.15) is 11.6 Å². The van der Waals surface area contributed by atoms with E-state index in [0.717, 1.165) is 41.5 Å². The van der Waals surface area contributed by atoms with Gasteiger partial charge in [-0.15, -0.1) is 0 Å². The number of carbonyl (C=O) groups excluding carboxylic acids is 4. The van der Waals surface area contributed by atoms with Crippen LogP contribution in [0.1, 0.15) is 96.1 Å². The van der Waals surface area contributed by atoms with E-state index in [1.54, 1.807) is 62.6 Å². The van der Waals surface area contributed by atoms with E-state index in [1.807, 2.05) is 7.05 Å². The number of aromatic nitrogens is 1. The Morgan fingerprint density at radius 2 is 0.654 bits per heavy atom. The van der Waals surface area contributed by atoms with Crippen LogP contribution in [0, 0.1) is 23.7 Å². The summed E-state index contributed by atoms with van der Waals surface area (Å²) in [6.07, 6.45) is 5.97. The predicted octanol–water partition coefficient (Wildman–Crippen LogP) is 12.3. The Kier molecular flexibility index (Phi) is 30.6. The van der Waals surface area contributed by atoms with E-state index < -0.39 is 11.9 Å². The number of aromatic hydroxyl groups is 23. The maximum atomic E-state index is 12.9. The number of rotatable bonds is 20. The Balaban J connectivity index is 0.000000166. The first kappa shape index (κ1) is 93.2. The summed E-state index contributed by atoms with van der Waals surface area (Å²) in [4.78, 5) is 63.4. The number of nitrogens with zero attached hydrogens (tertiary/aromatic N) is 5. The Hall–Kier alpha value is -16.1. The molecule has 2 aliphatic rings. The number of amides is 2. The highest BCUT2D eigenvalue weighted by Gasteiger charge is 2.35. The van der Waals surface area contributed by atoms with Crippen LogP contribution in [0.2, 0.25) is 0 Å². The minimum Gasteiger partial charge on any atom is -0.504 e. The Morgan fingerprint density at radius 3 is 0.984 bits per heavy atom. The number of Topliss-reactive ketones (excluding diaryl/α,β-unsaturated/α-hetero) is 2. The van der Waals surface area contributed by atoms with E-state index >= 15 is 0 Å². The fourth-order valence-corrected chi connectivity index (χ4v) is 14.3. The first-order valence-electron chi connectivity index (χ1n) is 39.4. The van der Waals surface area contributed by atoms with Crippen molar-refractivity contribution in [2.75, 3.05) is 47.3 Å². The number of hydrogen-bond donors (Lipinski definition) is 23. The number of ketones is 2. The second-order valence-corrected chi connectivity index (χ2v) is 30.6. The number of piperidine rings is 1. The molecule has 664 valence electrons. The summed E-state index contributed by atoms with van der Waals surface area (Å²) >= 11 is 0. The summed E-state index contributed by atoms with van der Waals surface area (Å²) in [7, 11) is 5.07. The number of phenols is 22. The molecule has 2 fully saturated rings. The zero-order valence-electron chi connectivity index (χ0n) is 68.6. The van der Waals surface area contributed by atoms with E-state index in [4.69, 9.17) is 4.42 Å². The molecule has 12 aromatic rings. The molecule has 2 amide bonds. The number of carbonyl (C=O) groups is 4. The van der Waals surface area contributed by atoms with E-state index in [2.05, 4.69) is 14.9 Å². The fourth-order valence-electron chi connectivity index (χ4n) is 14.3. The van der Waals surface area contributed by atoms with Gasteiger partial charge in [0.05, 0.1) is 12.8 Å². The first-order chi connectivity index (χ1) is 60.3. The van der Waals surface area contributed by atoms with Gasteiger partial charge in [-0.2, -0.15) is 0 Å². The van der Waals surface area contributed by atoms with Gasteiger partial charge >= 0.3 is 5.95 Å². The van der Waals surface area contributed by atoms with Crippen LogP contribution in [0.5, 0.6) is 132 Å².